The number of benzene rings is 2. The van der Waals surface area contributed by atoms with Crippen LogP contribution in [0, 0.1) is 20.8 Å². The second-order valence-corrected chi connectivity index (χ2v) is 7.36. The van der Waals surface area contributed by atoms with Gasteiger partial charge in [-0.1, -0.05) is 24.3 Å². The smallest absolute Gasteiger partial charge is 0.264 e. The highest BCUT2D eigenvalue weighted by Gasteiger charge is 2.10. The van der Waals surface area contributed by atoms with E-state index in [1.165, 1.54) is 0 Å². The van der Waals surface area contributed by atoms with Crippen LogP contribution in [0.5, 0.6) is 5.75 Å². The molecule has 3 amide bonds. The van der Waals surface area contributed by atoms with Gasteiger partial charge in [0.1, 0.15) is 5.75 Å². The van der Waals surface area contributed by atoms with Crippen molar-refractivity contribution in [3.63, 3.8) is 0 Å². The Morgan fingerprint density at radius 1 is 0.839 bits per heavy atom. The summed E-state index contributed by atoms with van der Waals surface area (Å²) in [6.45, 7) is 5.60. The van der Waals surface area contributed by atoms with E-state index in [1.807, 2.05) is 57.2 Å². The lowest BCUT2D eigenvalue weighted by Crippen LogP contribution is -2.49. The fourth-order valence-electron chi connectivity index (χ4n) is 2.51. The Labute approximate surface area is 186 Å². The first-order chi connectivity index (χ1) is 14.7. The van der Waals surface area contributed by atoms with Crippen molar-refractivity contribution in [3.8, 4) is 5.75 Å². The Morgan fingerprint density at radius 2 is 1.55 bits per heavy atom. The predicted molar refractivity (Wildman–Crippen MR) is 122 cm³/mol. The van der Waals surface area contributed by atoms with Gasteiger partial charge in [0, 0.05) is 18.5 Å². The maximum Gasteiger partial charge on any atom is 0.264 e. The van der Waals surface area contributed by atoms with Gasteiger partial charge in [-0.15, -0.1) is 0 Å². The molecule has 0 aliphatic rings. The molecule has 0 spiro atoms. The van der Waals surface area contributed by atoms with Crippen molar-refractivity contribution < 1.29 is 19.1 Å². The summed E-state index contributed by atoms with van der Waals surface area (Å²) in [6.07, 6.45) is -0.0412. The quantitative estimate of drug-likeness (QED) is 0.387. The second kappa shape index (κ2) is 11.7. The fourth-order valence-corrected chi connectivity index (χ4v) is 2.68. The van der Waals surface area contributed by atoms with Crippen LogP contribution in [0.2, 0.25) is 0 Å². The number of hydrogen-bond acceptors (Lipinski definition) is 5. The minimum atomic E-state index is -0.470. The van der Waals surface area contributed by atoms with Crippen molar-refractivity contribution in [3.05, 3.63) is 59.2 Å². The normalized spacial score (nSPS) is 10.0. The van der Waals surface area contributed by atoms with Crippen LogP contribution in [-0.4, -0.2) is 29.4 Å². The number of thiocarbonyl (C=S) groups is 1. The second-order valence-electron chi connectivity index (χ2n) is 6.95. The number of anilines is 1. The molecule has 0 aliphatic heterocycles. The van der Waals surface area contributed by atoms with Gasteiger partial charge in [0.25, 0.3) is 5.91 Å². The molecule has 0 heterocycles. The Bertz CT molecular complexity index is 978. The molecule has 2 aromatic carbocycles. The average molecular weight is 443 g/mol. The highest BCUT2D eigenvalue weighted by molar-refractivity contribution is 7.80. The lowest BCUT2D eigenvalue weighted by Gasteiger charge is -2.12. The summed E-state index contributed by atoms with van der Waals surface area (Å²) in [5.74, 6) is -0.586. The number of para-hydroxylation sites is 1. The van der Waals surface area contributed by atoms with Crippen LogP contribution >= 0.6 is 12.2 Å². The van der Waals surface area contributed by atoms with E-state index >= 15 is 0 Å². The van der Waals surface area contributed by atoms with Gasteiger partial charge in [0.2, 0.25) is 11.8 Å². The third kappa shape index (κ3) is 8.43. The SMILES string of the molecule is Cc1ccc(NC(=O)CCC(=O)NNC(=S)NC(=O)COc2ccccc2C)cc1C. The summed E-state index contributed by atoms with van der Waals surface area (Å²) < 4.78 is 5.42. The van der Waals surface area contributed by atoms with E-state index in [0.717, 1.165) is 16.7 Å². The summed E-state index contributed by atoms with van der Waals surface area (Å²) in [5, 5.41) is 5.07. The molecular formula is C22H26N4O4S. The average Bonchev–Trinajstić information content (AvgIpc) is 2.73. The molecule has 0 saturated heterocycles. The molecule has 31 heavy (non-hydrogen) atoms. The van der Waals surface area contributed by atoms with Crippen LogP contribution in [-0.2, 0) is 14.4 Å². The number of hydrazine groups is 1. The maximum atomic E-state index is 12.0. The first-order valence-corrected chi connectivity index (χ1v) is 10.1. The summed E-state index contributed by atoms with van der Waals surface area (Å²) in [7, 11) is 0. The van der Waals surface area contributed by atoms with Gasteiger partial charge < -0.3 is 10.1 Å². The maximum absolute atomic E-state index is 12.0. The van der Waals surface area contributed by atoms with Crippen LogP contribution in [0.25, 0.3) is 0 Å². The minimum absolute atomic E-state index is 0.00379. The van der Waals surface area contributed by atoms with E-state index in [4.69, 9.17) is 17.0 Å². The van der Waals surface area contributed by atoms with Crippen molar-refractivity contribution >= 4 is 40.7 Å². The number of ether oxygens (including phenoxy) is 1. The zero-order valence-corrected chi connectivity index (χ0v) is 18.5. The van der Waals surface area contributed by atoms with Gasteiger partial charge in [-0.25, -0.2) is 0 Å². The highest BCUT2D eigenvalue weighted by atomic mass is 32.1. The fraction of sp³-hybridized carbons (Fsp3) is 0.273. The Kier molecular flexibility index (Phi) is 8.95. The molecule has 0 radical (unpaired) electrons. The van der Waals surface area contributed by atoms with Gasteiger partial charge in [-0.3, -0.25) is 30.6 Å². The van der Waals surface area contributed by atoms with Crippen molar-refractivity contribution in [1.82, 2.24) is 16.2 Å². The van der Waals surface area contributed by atoms with Crippen LogP contribution in [0.1, 0.15) is 29.5 Å². The van der Waals surface area contributed by atoms with Crippen LogP contribution in [0.15, 0.2) is 42.5 Å². The van der Waals surface area contributed by atoms with Crippen LogP contribution in [0.4, 0.5) is 5.69 Å². The molecule has 8 nitrogen and oxygen atoms in total. The number of carbonyl (C=O) groups excluding carboxylic acids is 3. The number of nitrogens with one attached hydrogen (secondary N) is 4. The molecule has 0 unspecified atom stereocenters. The molecule has 0 fully saturated rings. The van der Waals surface area contributed by atoms with Crippen LogP contribution < -0.4 is 26.2 Å². The highest BCUT2D eigenvalue weighted by Crippen LogP contribution is 2.16. The van der Waals surface area contributed by atoms with Gasteiger partial charge >= 0.3 is 0 Å². The third-order valence-electron chi connectivity index (χ3n) is 4.39. The monoisotopic (exact) mass is 442 g/mol. The molecular weight excluding hydrogens is 416 g/mol. The summed E-state index contributed by atoms with van der Waals surface area (Å²) >= 11 is 4.96. The Morgan fingerprint density at radius 3 is 2.26 bits per heavy atom. The number of rotatable bonds is 7. The standard InChI is InChI=1S/C22H26N4O4S/c1-14-8-9-17(12-16(14)3)23-19(27)10-11-20(28)25-26-22(31)24-21(29)13-30-18-7-5-4-6-15(18)2/h4-9,12H,10-11,13H2,1-3H3,(H,23,27)(H,25,28)(H2,24,26,29,31). The zero-order valence-electron chi connectivity index (χ0n) is 17.7. The number of carbonyl (C=O) groups is 3. The zero-order chi connectivity index (χ0) is 22.8. The first kappa shape index (κ1) is 23.8. The van der Waals surface area contributed by atoms with Gasteiger partial charge in [0.15, 0.2) is 11.7 Å². The van der Waals surface area contributed by atoms with E-state index < -0.39 is 11.8 Å². The summed E-state index contributed by atoms with van der Waals surface area (Å²) in [4.78, 5) is 35.8. The van der Waals surface area contributed by atoms with Gasteiger partial charge in [0.05, 0.1) is 0 Å². The molecule has 2 rings (SSSR count). The lowest BCUT2D eigenvalue weighted by atomic mass is 10.1. The Balaban J connectivity index is 1.64. The minimum Gasteiger partial charge on any atom is -0.483 e. The van der Waals surface area contributed by atoms with E-state index in [1.54, 1.807) is 6.07 Å². The third-order valence-corrected chi connectivity index (χ3v) is 4.59. The largest absolute Gasteiger partial charge is 0.483 e. The number of amides is 3. The van der Waals surface area contributed by atoms with Gasteiger partial charge in [-0.2, -0.15) is 0 Å². The van der Waals surface area contributed by atoms with Gasteiger partial charge in [-0.05, 0) is 67.9 Å². The van der Waals surface area contributed by atoms with E-state index in [0.29, 0.717) is 11.4 Å². The summed E-state index contributed by atoms with van der Waals surface area (Å²) in [6, 6.07) is 12.9. The number of hydrogen-bond donors (Lipinski definition) is 4. The molecule has 2 aromatic rings. The van der Waals surface area contributed by atoms with Crippen molar-refractivity contribution in [1.29, 1.82) is 0 Å². The molecule has 0 bridgehead atoms. The summed E-state index contributed by atoms with van der Waals surface area (Å²) in [5.41, 5.74) is 8.56. The van der Waals surface area contributed by atoms with E-state index in [2.05, 4.69) is 21.5 Å². The Hall–Kier alpha value is -3.46. The predicted octanol–water partition coefficient (Wildman–Crippen LogP) is 2.43. The molecule has 0 aliphatic carbocycles. The van der Waals surface area contributed by atoms with Crippen molar-refractivity contribution in [2.24, 2.45) is 0 Å². The lowest BCUT2D eigenvalue weighted by molar-refractivity contribution is -0.125. The molecule has 4 N–H and O–H groups in total. The molecule has 0 atom stereocenters. The van der Waals surface area contributed by atoms with E-state index in [9.17, 15) is 14.4 Å². The van der Waals surface area contributed by atoms with Crippen molar-refractivity contribution in [2.45, 2.75) is 33.6 Å². The molecule has 0 aromatic heterocycles. The molecule has 164 valence electrons. The molecule has 0 saturated carbocycles. The van der Waals surface area contributed by atoms with Crippen molar-refractivity contribution in [2.75, 3.05) is 11.9 Å². The first-order valence-electron chi connectivity index (χ1n) is 9.69. The van der Waals surface area contributed by atoms with Crippen LogP contribution in [0.3, 0.4) is 0 Å². The van der Waals surface area contributed by atoms with E-state index in [-0.39, 0.29) is 30.5 Å². The topological polar surface area (TPSA) is 109 Å². The molecule has 9 heteroatoms. The number of aryl methyl sites for hydroxylation is 3.